The second-order valence-corrected chi connectivity index (χ2v) is 5.33. The molecule has 17 heavy (non-hydrogen) atoms. The number of pyridine rings is 1. The van der Waals surface area contributed by atoms with Gasteiger partial charge in [-0.05, 0) is 25.8 Å². The zero-order valence-corrected chi connectivity index (χ0v) is 10.7. The van der Waals surface area contributed by atoms with Crippen molar-refractivity contribution in [3.05, 3.63) is 24.3 Å². The first-order valence-electron chi connectivity index (χ1n) is 6.12. The van der Waals surface area contributed by atoms with E-state index < -0.39 is 0 Å². The molecule has 0 bridgehead atoms. The molecule has 2 aromatic rings. The van der Waals surface area contributed by atoms with Crippen LogP contribution in [0.2, 0.25) is 0 Å². The van der Waals surface area contributed by atoms with Crippen LogP contribution in [0, 0.1) is 0 Å². The lowest BCUT2D eigenvalue weighted by molar-refractivity contribution is 0.331. The van der Waals surface area contributed by atoms with Crippen molar-refractivity contribution in [2.75, 3.05) is 0 Å². The van der Waals surface area contributed by atoms with E-state index in [1.807, 2.05) is 18.5 Å². The standard InChI is InChI=1S/C13H16ClN3/c1-13(5-2-3-6-13)17-11-4-7-15-9-10(11)16-12(17)8-14/h4,7,9H,2-3,5-6,8H2,1H3. The molecule has 90 valence electrons. The Morgan fingerprint density at radius 1 is 1.41 bits per heavy atom. The summed E-state index contributed by atoms with van der Waals surface area (Å²) in [5, 5.41) is 0. The molecule has 1 saturated carbocycles. The number of alkyl halides is 1. The van der Waals surface area contributed by atoms with Gasteiger partial charge in [-0.15, -0.1) is 11.6 Å². The summed E-state index contributed by atoms with van der Waals surface area (Å²) in [7, 11) is 0. The Morgan fingerprint density at radius 3 is 2.88 bits per heavy atom. The van der Waals surface area contributed by atoms with Crippen molar-refractivity contribution in [3.63, 3.8) is 0 Å². The summed E-state index contributed by atoms with van der Waals surface area (Å²) in [6.45, 7) is 2.32. The lowest BCUT2D eigenvalue weighted by Crippen LogP contribution is -2.27. The number of halogens is 1. The fourth-order valence-corrected chi connectivity index (χ4v) is 3.21. The highest BCUT2D eigenvalue weighted by molar-refractivity contribution is 6.16. The molecule has 1 fully saturated rings. The average Bonchev–Trinajstić information content (AvgIpc) is 2.92. The molecular weight excluding hydrogens is 234 g/mol. The Kier molecular flexibility index (Phi) is 2.58. The molecule has 0 N–H and O–H groups in total. The monoisotopic (exact) mass is 249 g/mol. The molecule has 2 aromatic heterocycles. The van der Waals surface area contributed by atoms with E-state index in [9.17, 15) is 0 Å². The van der Waals surface area contributed by atoms with Gasteiger partial charge in [0.15, 0.2) is 0 Å². The molecular formula is C13H16ClN3. The van der Waals surface area contributed by atoms with Gasteiger partial charge in [0.2, 0.25) is 0 Å². The van der Waals surface area contributed by atoms with Crippen LogP contribution in [0.3, 0.4) is 0 Å². The third-order valence-corrected chi connectivity index (χ3v) is 4.11. The lowest BCUT2D eigenvalue weighted by atomic mass is 10.00. The predicted octanol–water partition coefficient (Wildman–Crippen LogP) is 3.46. The molecule has 3 nitrogen and oxygen atoms in total. The van der Waals surface area contributed by atoms with Crippen LogP contribution in [-0.2, 0) is 11.4 Å². The Hall–Kier alpha value is -1.09. The van der Waals surface area contributed by atoms with E-state index in [-0.39, 0.29) is 5.54 Å². The second kappa shape index (κ2) is 3.98. The zero-order chi connectivity index (χ0) is 11.9. The summed E-state index contributed by atoms with van der Waals surface area (Å²) in [5.74, 6) is 1.43. The third kappa shape index (κ3) is 1.64. The molecule has 0 aliphatic heterocycles. The molecule has 0 atom stereocenters. The van der Waals surface area contributed by atoms with Gasteiger partial charge in [0.05, 0.1) is 17.6 Å². The smallest absolute Gasteiger partial charge is 0.125 e. The number of rotatable bonds is 2. The summed E-state index contributed by atoms with van der Waals surface area (Å²) >= 11 is 6.04. The van der Waals surface area contributed by atoms with Crippen LogP contribution in [0.1, 0.15) is 38.4 Å². The van der Waals surface area contributed by atoms with Crippen LogP contribution in [0.25, 0.3) is 11.0 Å². The molecule has 0 aromatic carbocycles. The molecule has 4 heteroatoms. The van der Waals surface area contributed by atoms with Crippen molar-refractivity contribution in [1.29, 1.82) is 0 Å². The topological polar surface area (TPSA) is 30.7 Å². The molecule has 0 spiro atoms. The van der Waals surface area contributed by atoms with Crippen LogP contribution in [0.4, 0.5) is 0 Å². The number of hydrogen-bond donors (Lipinski definition) is 0. The highest BCUT2D eigenvalue weighted by Gasteiger charge is 2.33. The van der Waals surface area contributed by atoms with Gasteiger partial charge in [0.1, 0.15) is 11.3 Å². The summed E-state index contributed by atoms with van der Waals surface area (Å²) < 4.78 is 2.34. The van der Waals surface area contributed by atoms with E-state index in [1.165, 1.54) is 31.2 Å². The van der Waals surface area contributed by atoms with Crippen molar-refractivity contribution in [2.24, 2.45) is 0 Å². The van der Waals surface area contributed by atoms with E-state index in [4.69, 9.17) is 11.6 Å². The van der Waals surface area contributed by atoms with Gasteiger partial charge in [0, 0.05) is 11.7 Å². The van der Waals surface area contributed by atoms with Gasteiger partial charge < -0.3 is 4.57 Å². The Labute approximate surface area is 106 Å². The first-order chi connectivity index (χ1) is 8.24. The summed E-state index contributed by atoms with van der Waals surface area (Å²) in [5.41, 5.74) is 2.30. The van der Waals surface area contributed by atoms with Crippen LogP contribution in [0.15, 0.2) is 18.5 Å². The van der Waals surface area contributed by atoms with Crippen molar-refractivity contribution in [1.82, 2.24) is 14.5 Å². The van der Waals surface area contributed by atoms with Gasteiger partial charge in [-0.1, -0.05) is 12.8 Å². The number of fused-ring (bicyclic) bond motifs is 1. The van der Waals surface area contributed by atoms with Crippen LogP contribution in [0.5, 0.6) is 0 Å². The van der Waals surface area contributed by atoms with Gasteiger partial charge in [0.25, 0.3) is 0 Å². The first-order valence-corrected chi connectivity index (χ1v) is 6.66. The Bertz CT molecular complexity index is 541. The largest absolute Gasteiger partial charge is 0.321 e. The quantitative estimate of drug-likeness (QED) is 0.763. The number of hydrogen-bond acceptors (Lipinski definition) is 2. The predicted molar refractivity (Wildman–Crippen MR) is 69.2 cm³/mol. The third-order valence-electron chi connectivity index (χ3n) is 3.87. The number of aromatic nitrogens is 3. The highest BCUT2D eigenvalue weighted by atomic mass is 35.5. The molecule has 1 aliphatic rings. The average molecular weight is 250 g/mol. The highest BCUT2D eigenvalue weighted by Crippen LogP contribution is 2.39. The zero-order valence-electron chi connectivity index (χ0n) is 9.99. The minimum absolute atomic E-state index is 0.181. The van der Waals surface area contributed by atoms with E-state index in [1.54, 1.807) is 0 Å². The summed E-state index contributed by atoms with van der Waals surface area (Å²) in [4.78, 5) is 8.72. The molecule has 0 amide bonds. The molecule has 0 radical (unpaired) electrons. The maximum Gasteiger partial charge on any atom is 0.125 e. The fraction of sp³-hybridized carbons (Fsp3) is 0.538. The molecule has 0 unspecified atom stereocenters. The van der Waals surface area contributed by atoms with E-state index in [0.717, 1.165) is 11.3 Å². The minimum atomic E-state index is 0.181. The summed E-state index contributed by atoms with van der Waals surface area (Å²) in [6.07, 6.45) is 8.67. The fourth-order valence-electron chi connectivity index (χ4n) is 3.03. The normalized spacial score (nSPS) is 18.9. The van der Waals surface area contributed by atoms with Crippen molar-refractivity contribution < 1.29 is 0 Å². The molecule has 0 saturated heterocycles. The SMILES string of the molecule is CC1(n2c(CCl)nc3cnccc32)CCCC1. The van der Waals surface area contributed by atoms with Gasteiger partial charge in [-0.3, -0.25) is 4.98 Å². The van der Waals surface area contributed by atoms with Crippen LogP contribution in [-0.4, -0.2) is 14.5 Å². The van der Waals surface area contributed by atoms with Crippen LogP contribution < -0.4 is 0 Å². The molecule has 1 aliphatic carbocycles. The number of nitrogens with zero attached hydrogens (tertiary/aromatic N) is 3. The van der Waals surface area contributed by atoms with Gasteiger partial charge in [-0.25, -0.2) is 4.98 Å². The Balaban J connectivity index is 2.25. The van der Waals surface area contributed by atoms with E-state index in [0.29, 0.717) is 5.88 Å². The van der Waals surface area contributed by atoms with Crippen molar-refractivity contribution >= 4 is 22.6 Å². The lowest BCUT2D eigenvalue weighted by Gasteiger charge is -2.28. The molecule has 2 heterocycles. The van der Waals surface area contributed by atoms with Gasteiger partial charge >= 0.3 is 0 Å². The van der Waals surface area contributed by atoms with E-state index in [2.05, 4.69) is 21.5 Å². The summed E-state index contributed by atoms with van der Waals surface area (Å²) in [6, 6.07) is 2.04. The van der Waals surface area contributed by atoms with E-state index >= 15 is 0 Å². The van der Waals surface area contributed by atoms with Crippen molar-refractivity contribution in [2.45, 2.75) is 44.0 Å². The van der Waals surface area contributed by atoms with Crippen LogP contribution >= 0.6 is 11.6 Å². The first kappa shape index (κ1) is 11.0. The minimum Gasteiger partial charge on any atom is -0.321 e. The Morgan fingerprint density at radius 2 is 2.18 bits per heavy atom. The molecule has 3 rings (SSSR count). The number of imidazole rings is 1. The maximum atomic E-state index is 6.04. The van der Waals surface area contributed by atoms with Gasteiger partial charge in [-0.2, -0.15) is 0 Å². The van der Waals surface area contributed by atoms with Crippen molar-refractivity contribution in [3.8, 4) is 0 Å². The second-order valence-electron chi connectivity index (χ2n) is 5.07. The maximum absolute atomic E-state index is 6.04.